The van der Waals surface area contributed by atoms with E-state index in [0.29, 0.717) is 26.1 Å². The number of nitrogens with zero attached hydrogens (tertiary/aromatic N) is 2. The third-order valence-corrected chi connectivity index (χ3v) is 3.77. The van der Waals surface area contributed by atoms with Crippen LogP contribution in [-0.4, -0.2) is 71.6 Å². The summed E-state index contributed by atoms with van der Waals surface area (Å²) in [5, 5.41) is 13.2. The molecule has 2 heterocycles. The van der Waals surface area contributed by atoms with Crippen LogP contribution in [0.25, 0.3) is 0 Å². The van der Waals surface area contributed by atoms with Crippen molar-refractivity contribution in [2.24, 2.45) is 0 Å². The van der Waals surface area contributed by atoms with Crippen molar-refractivity contribution < 1.29 is 14.7 Å². The molecule has 6 heteroatoms. The molecule has 6 nitrogen and oxygen atoms in total. The smallest absolute Gasteiger partial charge is 0.312 e. The average molecular weight is 269 g/mol. The second-order valence-electron chi connectivity index (χ2n) is 5.72. The molecule has 0 aliphatic carbocycles. The lowest BCUT2D eigenvalue weighted by atomic mass is 9.95. The SMILES string of the molecule is CC1(O)CCCN(C(=O)C(=O)N2CCCNCC2)C1. The number of hydrogen-bond acceptors (Lipinski definition) is 4. The number of nitrogens with one attached hydrogen (secondary N) is 1. The molecule has 2 aliphatic rings. The van der Waals surface area contributed by atoms with E-state index in [2.05, 4.69) is 5.32 Å². The quantitative estimate of drug-likeness (QED) is 0.564. The van der Waals surface area contributed by atoms with Crippen molar-refractivity contribution in [3.8, 4) is 0 Å². The molecule has 19 heavy (non-hydrogen) atoms. The minimum atomic E-state index is -0.867. The summed E-state index contributed by atoms with van der Waals surface area (Å²) < 4.78 is 0. The molecular weight excluding hydrogens is 246 g/mol. The summed E-state index contributed by atoms with van der Waals surface area (Å²) in [6.07, 6.45) is 2.29. The van der Waals surface area contributed by atoms with Gasteiger partial charge >= 0.3 is 11.8 Å². The first-order chi connectivity index (χ1) is 8.99. The third-order valence-electron chi connectivity index (χ3n) is 3.77. The van der Waals surface area contributed by atoms with Crippen LogP contribution in [0.3, 0.4) is 0 Å². The summed E-state index contributed by atoms with van der Waals surface area (Å²) in [6, 6.07) is 0. The molecule has 2 fully saturated rings. The molecule has 108 valence electrons. The Kier molecular flexibility index (Phi) is 4.42. The fraction of sp³-hybridized carbons (Fsp3) is 0.846. The zero-order chi connectivity index (χ0) is 13.9. The van der Waals surface area contributed by atoms with Crippen molar-refractivity contribution in [1.29, 1.82) is 0 Å². The van der Waals surface area contributed by atoms with E-state index in [0.717, 1.165) is 25.9 Å². The van der Waals surface area contributed by atoms with Gasteiger partial charge in [0.05, 0.1) is 5.60 Å². The molecule has 2 saturated heterocycles. The van der Waals surface area contributed by atoms with Crippen LogP contribution in [-0.2, 0) is 9.59 Å². The van der Waals surface area contributed by atoms with Gasteiger partial charge in [0.25, 0.3) is 0 Å². The standard InChI is InChI=1S/C13H23N3O3/c1-13(19)4-2-7-16(10-13)12(18)11(17)15-8-3-5-14-6-9-15/h14,19H,2-10H2,1H3. The number of piperidine rings is 1. The number of carbonyl (C=O) groups excluding carboxylic acids is 2. The van der Waals surface area contributed by atoms with Gasteiger partial charge in [-0.2, -0.15) is 0 Å². The van der Waals surface area contributed by atoms with Crippen LogP contribution in [0.5, 0.6) is 0 Å². The molecule has 0 radical (unpaired) electrons. The fourth-order valence-corrected chi connectivity index (χ4v) is 2.71. The maximum atomic E-state index is 12.2. The maximum absolute atomic E-state index is 12.2. The highest BCUT2D eigenvalue weighted by molar-refractivity contribution is 6.34. The van der Waals surface area contributed by atoms with Gasteiger partial charge in [0, 0.05) is 32.7 Å². The normalized spacial score (nSPS) is 28.9. The Morgan fingerprint density at radius 3 is 2.47 bits per heavy atom. The van der Waals surface area contributed by atoms with Crippen molar-refractivity contribution in [1.82, 2.24) is 15.1 Å². The molecule has 0 aromatic heterocycles. The highest BCUT2D eigenvalue weighted by Crippen LogP contribution is 2.20. The monoisotopic (exact) mass is 269 g/mol. The number of hydrogen-bond donors (Lipinski definition) is 2. The van der Waals surface area contributed by atoms with Crippen molar-refractivity contribution in [3.63, 3.8) is 0 Å². The average Bonchev–Trinajstić information content (AvgIpc) is 2.64. The Bertz CT molecular complexity index is 349. The van der Waals surface area contributed by atoms with Crippen LogP contribution in [0.15, 0.2) is 0 Å². The fourth-order valence-electron chi connectivity index (χ4n) is 2.71. The third kappa shape index (κ3) is 3.67. The lowest BCUT2D eigenvalue weighted by molar-refractivity contribution is -0.155. The maximum Gasteiger partial charge on any atom is 0.312 e. The summed E-state index contributed by atoms with van der Waals surface area (Å²) in [5.41, 5.74) is -0.867. The minimum absolute atomic E-state index is 0.254. The molecule has 1 atom stereocenters. The van der Waals surface area contributed by atoms with Crippen molar-refractivity contribution >= 4 is 11.8 Å². The predicted molar refractivity (Wildman–Crippen MR) is 70.5 cm³/mol. The summed E-state index contributed by atoms with van der Waals surface area (Å²) >= 11 is 0. The van der Waals surface area contributed by atoms with Crippen LogP contribution in [0.1, 0.15) is 26.2 Å². The summed E-state index contributed by atoms with van der Waals surface area (Å²) in [7, 11) is 0. The molecule has 2 amide bonds. The first kappa shape index (κ1) is 14.3. The van der Waals surface area contributed by atoms with Gasteiger partial charge in [-0.25, -0.2) is 0 Å². The summed E-state index contributed by atoms with van der Waals surface area (Å²) in [6.45, 7) is 5.35. The van der Waals surface area contributed by atoms with Gasteiger partial charge in [-0.1, -0.05) is 0 Å². The lowest BCUT2D eigenvalue weighted by Gasteiger charge is -2.37. The van der Waals surface area contributed by atoms with E-state index in [1.165, 1.54) is 4.90 Å². The molecule has 0 spiro atoms. The van der Waals surface area contributed by atoms with E-state index < -0.39 is 17.4 Å². The largest absolute Gasteiger partial charge is 0.388 e. The molecule has 0 bridgehead atoms. The Balaban J connectivity index is 1.96. The Hall–Kier alpha value is -1.14. The van der Waals surface area contributed by atoms with E-state index in [4.69, 9.17) is 0 Å². The minimum Gasteiger partial charge on any atom is -0.388 e. The van der Waals surface area contributed by atoms with Gasteiger partial charge < -0.3 is 20.2 Å². The molecular formula is C13H23N3O3. The molecule has 2 rings (SSSR count). The molecule has 1 unspecified atom stereocenters. The van der Waals surface area contributed by atoms with Crippen molar-refractivity contribution in [2.45, 2.75) is 31.8 Å². The summed E-state index contributed by atoms with van der Waals surface area (Å²) in [5.74, 6) is -0.900. The zero-order valence-electron chi connectivity index (χ0n) is 11.5. The Labute approximate surface area is 113 Å². The van der Waals surface area contributed by atoms with Gasteiger partial charge in [-0.15, -0.1) is 0 Å². The van der Waals surface area contributed by atoms with Gasteiger partial charge in [0.2, 0.25) is 0 Å². The van der Waals surface area contributed by atoms with Crippen LogP contribution in [0.2, 0.25) is 0 Å². The van der Waals surface area contributed by atoms with E-state index in [9.17, 15) is 14.7 Å². The number of amides is 2. The second-order valence-corrected chi connectivity index (χ2v) is 5.72. The molecule has 0 aromatic carbocycles. The van der Waals surface area contributed by atoms with Crippen molar-refractivity contribution in [2.75, 3.05) is 39.3 Å². The van der Waals surface area contributed by atoms with Crippen LogP contribution < -0.4 is 5.32 Å². The van der Waals surface area contributed by atoms with E-state index >= 15 is 0 Å². The molecule has 0 aromatic rings. The molecule has 2 aliphatic heterocycles. The zero-order valence-corrected chi connectivity index (χ0v) is 11.5. The highest BCUT2D eigenvalue weighted by Gasteiger charge is 2.35. The van der Waals surface area contributed by atoms with Gasteiger partial charge in [-0.3, -0.25) is 9.59 Å². The number of carbonyl (C=O) groups is 2. The first-order valence-corrected chi connectivity index (χ1v) is 7.01. The van der Waals surface area contributed by atoms with Gasteiger partial charge in [0.15, 0.2) is 0 Å². The van der Waals surface area contributed by atoms with Crippen LogP contribution in [0, 0.1) is 0 Å². The Morgan fingerprint density at radius 1 is 1.05 bits per heavy atom. The topological polar surface area (TPSA) is 72.9 Å². The van der Waals surface area contributed by atoms with Gasteiger partial charge in [0.1, 0.15) is 0 Å². The number of β-amino-alcohol motifs (C(OH)–C–C–N with tert-alkyl or cyclic N) is 1. The van der Waals surface area contributed by atoms with Gasteiger partial charge in [-0.05, 0) is 32.7 Å². The number of aliphatic hydroxyl groups is 1. The first-order valence-electron chi connectivity index (χ1n) is 7.01. The second kappa shape index (κ2) is 5.88. The van der Waals surface area contributed by atoms with Crippen molar-refractivity contribution in [3.05, 3.63) is 0 Å². The molecule has 2 N–H and O–H groups in total. The Morgan fingerprint density at radius 2 is 1.74 bits per heavy atom. The van der Waals surface area contributed by atoms with E-state index in [-0.39, 0.29) is 6.54 Å². The summed E-state index contributed by atoms with van der Waals surface area (Å²) in [4.78, 5) is 27.5. The number of rotatable bonds is 0. The van der Waals surface area contributed by atoms with E-state index in [1.807, 2.05) is 0 Å². The van der Waals surface area contributed by atoms with Crippen LogP contribution >= 0.6 is 0 Å². The number of likely N-dealkylation sites (tertiary alicyclic amines) is 1. The predicted octanol–water partition coefficient (Wildman–Crippen LogP) is -0.818. The highest BCUT2D eigenvalue weighted by atomic mass is 16.3. The van der Waals surface area contributed by atoms with Crippen LogP contribution in [0.4, 0.5) is 0 Å². The lowest BCUT2D eigenvalue weighted by Crippen LogP contribution is -2.53. The molecule has 0 saturated carbocycles. The van der Waals surface area contributed by atoms with E-state index in [1.54, 1.807) is 11.8 Å².